The summed E-state index contributed by atoms with van der Waals surface area (Å²) in [5, 5.41) is 2.75. The molecule has 0 bridgehead atoms. The summed E-state index contributed by atoms with van der Waals surface area (Å²) in [6.45, 7) is 5.11. The SMILES string of the molecule is CCC(=O)C(CCC=CCCc1ccc(NC(C)=O)cc1)C(=O)CC. The number of carbonyl (C=O) groups excluding carboxylic acids is 3. The number of anilines is 1. The number of aryl methyl sites for hydroxylation is 1. The predicted molar refractivity (Wildman–Crippen MR) is 102 cm³/mol. The van der Waals surface area contributed by atoms with E-state index in [2.05, 4.69) is 17.5 Å². The zero-order chi connectivity index (χ0) is 18.7. The van der Waals surface area contributed by atoms with Crippen LogP contribution < -0.4 is 5.32 Å². The van der Waals surface area contributed by atoms with Crippen molar-refractivity contribution in [3.05, 3.63) is 42.0 Å². The first-order chi connectivity index (χ1) is 12.0. The maximum absolute atomic E-state index is 11.8. The molecule has 0 aliphatic carbocycles. The molecule has 0 saturated carbocycles. The predicted octanol–water partition coefficient (Wildman–Crippen LogP) is 4.49. The summed E-state index contributed by atoms with van der Waals surface area (Å²) < 4.78 is 0. The minimum atomic E-state index is -0.430. The highest BCUT2D eigenvalue weighted by molar-refractivity contribution is 6.02. The van der Waals surface area contributed by atoms with Gasteiger partial charge in [-0.15, -0.1) is 0 Å². The monoisotopic (exact) mass is 343 g/mol. The molecule has 0 atom stereocenters. The highest BCUT2D eigenvalue weighted by Gasteiger charge is 2.22. The van der Waals surface area contributed by atoms with Crippen LogP contribution in [0.15, 0.2) is 36.4 Å². The van der Waals surface area contributed by atoms with Gasteiger partial charge in [-0.1, -0.05) is 38.1 Å². The lowest BCUT2D eigenvalue weighted by Gasteiger charge is -2.11. The first kappa shape index (κ1) is 20.8. The number of hydrogen-bond acceptors (Lipinski definition) is 3. The zero-order valence-corrected chi connectivity index (χ0v) is 15.5. The van der Waals surface area contributed by atoms with Crippen LogP contribution in [0.3, 0.4) is 0 Å². The van der Waals surface area contributed by atoms with E-state index in [1.807, 2.05) is 38.1 Å². The van der Waals surface area contributed by atoms with Crippen molar-refractivity contribution in [2.45, 2.75) is 59.3 Å². The molecule has 0 unspecified atom stereocenters. The third-order valence-corrected chi connectivity index (χ3v) is 4.14. The Morgan fingerprint density at radius 3 is 2.04 bits per heavy atom. The van der Waals surface area contributed by atoms with Crippen LogP contribution in [0.5, 0.6) is 0 Å². The third kappa shape index (κ3) is 7.92. The van der Waals surface area contributed by atoms with E-state index in [-0.39, 0.29) is 17.5 Å². The molecular formula is C21H29NO3. The first-order valence-electron chi connectivity index (χ1n) is 9.04. The molecule has 0 aliphatic rings. The summed E-state index contributed by atoms with van der Waals surface area (Å²) in [4.78, 5) is 34.7. The molecule has 1 N–H and O–H groups in total. The zero-order valence-electron chi connectivity index (χ0n) is 15.5. The summed E-state index contributed by atoms with van der Waals surface area (Å²) in [5.74, 6) is -0.392. The van der Waals surface area contributed by atoms with Crippen molar-refractivity contribution in [1.82, 2.24) is 0 Å². The topological polar surface area (TPSA) is 63.2 Å². The van der Waals surface area contributed by atoms with Gasteiger partial charge < -0.3 is 5.32 Å². The average molecular weight is 343 g/mol. The van der Waals surface area contributed by atoms with Gasteiger partial charge in [-0.25, -0.2) is 0 Å². The number of hydrogen-bond donors (Lipinski definition) is 1. The van der Waals surface area contributed by atoms with Crippen LogP contribution in [0.2, 0.25) is 0 Å². The molecule has 4 nitrogen and oxygen atoms in total. The fourth-order valence-electron chi connectivity index (χ4n) is 2.70. The average Bonchev–Trinajstić information content (AvgIpc) is 2.60. The highest BCUT2D eigenvalue weighted by atomic mass is 16.2. The Hall–Kier alpha value is -2.23. The minimum Gasteiger partial charge on any atom is -0.326 e. The summed E-state index contributed by atoms with van der Waals surface area (Å²) in [7, 11) is 0. The van der Waals surface area contributed by atoms with Crippen molar-refractivity contribution < 1.29 is 14.4 Å². The van der Waals surface area contributed by atoms with Gasteiger partial charge in [-0.2, -0.15) is 0 Å². The number of allylic oxidation sites excluding steroid dienone is 2. The van der Waals surface area contributed by atoms with Crippen molar-refractivity contribution >= 4 is 23.2 Å². The molecule has 0 aromatic heterocycles. The van der Waals surface area contributed by atoms with E-state index >= 15 is 0 Å². The lowest BCUT2D eigenvalue weighted by atomic mass is 9.91. The minimum absolute atomic E-state index is 0.0551. The first-order valence-corrected chi connectivity index (χ1v) is 9.04. The molecule has 0 fully saturated rings. The van der Waals surface area contributed by atoms with Gasteiger partial charge in [0.05, 0.1) is 5.92 Å². The van der Waals surface area contributed by atoms with E-state index < -0.39 is 5.92 Å². The number of amides is 1. The maximum Gasteiger partial charge on any atom is 0.221 e. The van der Waals surface area contributed by atoms with Crippen molar-refractivity contribution in [1.29, 1.82) is 0 Å². The van der Waals surface area contributed by atoms with Gasteiger partial charge >= 0.3 is 0 Å². The molecule has 0 heterocycles. The number of ketones is 2. The molecule has 25 heavy (non-hydrogen) atoms. The van der Waals surface area contributed by atoms with Crippen molar-refractivity contribution in [2.24, 2.45) is 5.92 Å². The maximum atomic E-state index is 11.8. The van der Waals surface area contributed by atoms with Crippen LogP contribution in [0, 0.1) is 5.92 Å². The standard InChI is InChI=1S/C21H29NO3/c1-4-20(24)19(21(25)5-2)11-9-7-6-8-10-17-12-14-18(15-13-17)22-16(3)23/h6-7,12-15,19H,4-5,8-11H2,1-3H3,(H,22,23). The van der Waals surface area contributed by atoms with Gasteiger partial charge in [0.15, 0.2) is 0 Å². The quantitative estimate of drug-likeness (QED) is 0.476. The second-order valence-corrected chi connectivity index (χ2v) is 6.16. The Kier molecular flexibility index (Phi) is 9.45. The highest BCUT2D eigenvalue weighted by Crippen LogP contribution is 2.15. The van der Waals surface area contributed by atoms with Gasteiger partial charge in [0.25, 0.3) is 0 Å². The Balaban J connectivity index is 2.36. The summed E-state index contributed by atoms with van der Waals surface area (Å²) in [5.41, 5.74) is 2.01. The number of Topliss-reactive ketones (excluding diaryl/α,β-unsaturated/α-hetero) is 2. The van der Waals surface area contributed by atoms with Gasteiger partial charge in [-0.05, 0) is 43.4 Å². The number of carbonyl (C=O) groups is 3. The molecule has 1 aromatic rings. The summed E-state index contributed by atoms with van der Waals surface area (Å²) >= 11 is 0. The molecule has 0 spiro atoms. The van der Waals surface area contributed by atoms with E-state index in [0.717, 1.165) is 24.9 Å². The van der Waals surface area contributed by atoms with Gasteiger partial charge in [-0.3, -0.25) is 14.4 Å². The fraction of sp³-hybridized carbons (Fsp3) is 0.476. The van der Waals surface area contributed by atoms with E-state index in [1.54, 1.807) is 0 Å². The summed E-state index contributed by atoms with van der Waals surface area (Å²) in [6, 6.07) is 7.82. The second-order valence-electron chi connectivity index (χ2n) is 6.16. The van der Waals surface area contributed by atoms with Crippen LogP contribution >= 0.6 is 0 Å². The normalized spacial score (nSPS) is 11.0. The Bertz CT molecular complexity index is 586. The molecule has 0 saturated heterocycles. The molecule has 4 heteroatoms. The van der Waals surface area contributed by atoms with Crippen molar-refractivity contribution in [3.63, 3.8) is 0 Å². The van der Waals surface area contributed by atoms with E-state index in [1.165, 1.54) is 12.5 Å². The van der Waals surface area contributed by atoms with Crippen molar-refractivity contribution in [3.8, 4) is 0 Å². The molecular weight excluding hydrogens is 314 g/mol. The fourth-order valence-corrected chi connectivity index (χ4v) is 2.70. The van der Waals surface area contributed by atoms with Crippen LogP contribution in [-0.2, 0) is 20.8 Å². The molecule has 136 valence electrons. The molecule has 1 aromatic carbocycles. The van der Waals surface area contributed by atoms with E-state index in [4.69, 9.17) is 0 Å². The second kappa shape index (κ2) is 11.3. The van der Waals surface area contributed by atoms with Gasteiger partial charge in [0.1, 0.15) is 11.6 Å². The molecule has 0 radical (unpaired) electrons. The van der Waals surface area contributed by atoms with Gasteiger partial charge in [0, 0.05) is 25.5 Å². The molecule has 1 amide bonds. The number of benzene rings is 1. The largest absolute Gasteiger partial charge is 0.326 e. The van der Waals surface area contributed by atoms with Gasteiger partial charge in [0.2, 0.25) is 5.91 Å². The number of nitrogens with one attached hydrogen (secondary N) is 1. The van der Waals surface area contributed by atoms with Crippen molar-refractivity contribution in [2.75, 3.05) is 5.32 Å². The summed E-state index contributed by atoms with van der Waals surface area (Å²) in [6.07, 6.45) is 8.21. The third-order valence-electron chi connectivity index (χ3n) is 4.14. The van der Waals surface area contributed by atoms with Crippen LogP contribution in [0.25, 0.3) is 0 Å². The Morgan fingerprint density at radius 2 is 1.52 bits per heavy atom. The molecule has 0 aliphatic heterocycles. The van der Waals surface area contributed by atoms with E-state index in [9.17, 15) is 14.4 Å². The Labute approximate surface area is 150 Å². The van der Waals surface area contributed by atoms with Crippen LogP contribution in [-0.4, -0.2) is 17.5 Å². The van der Waals surface area contributed by atoms with E-state index in [0.29, 0.717) is 19.3 Å². The molecule has 1 rings (SSSR count). The smallest absolute Gasteiger partial charge is 0.221 e. The van der Waals surface area contributed by atoms with Crippen LogP contribution in [0.4, 0.5) is 5.69 Å². The number of rotatable bonds is 11. The lowest BCUT2D eigenvalue weighted by Crippen LogP contribution is -2.22. The Morgan fingerprint density at radius 1 is 0.960 bits per heavy atom. The van der Waals surface area contributed by atoms with Crippen LogP contribution in [0.1, 0.15) is 58.4 Å². The lowest BCUT2D eigenvalue weighted by molar-refractivity contribution is -0.132.